The molecule has 0 aliphatic carbocycles. The molecule has 1 saturated heterocycles. The van der Waals surface area contributed by atoms with Gasteiger partial charge in [-0.05, 0) is 51.3 Å². The van der Waals surface area contributed by atoms with E-state index in [1.54, 1.807) is 25.1 Å². The van der Waals surface area contributed by atoms with Crippen molar-refractivity contribution in [2.45, 2.75) is 33.2 Å². The molecule has 2 N–H and O–H groups in total. The van der Waals surface area contributed by atoms with Crippen LogP contribution in [0.5, 0.6) is 5.75 Å². The van der Waals surface area contributed by atoms with Gasteiger partial charge in [-0.25, -0.2) is 0 Å². The third kappa shape index (κ3) is 3.31. The largest absolute Gasteiger partial charge is 0.507 e. The van der Waals surface area contributed by atoms with Crippen molar-refractivity contribution in [2.24, 2.45) is 5.92 Å². The minimum atomic E-state index is -0.186. The number of aryl methyl sites for hydroxylation is 1. The molecule has 20 heavy (non-hydrogen) atoms. The zero-order chi connectivity index (χ0) is 14.7. The summed E-state index contributed by atoms with van der Waals surface area (Å²) >= 11 is 0. The number of hydrogen-bond acceptors (Lipinski definition) is 3. The van der Waals surface area contributed by atoms with Gasteiger partial charge in [-0.3, -0.25) is 4.79 Å². The molecule has 0 radical (unpaired) electrons. The molecule has 0 saturated carbocycles. The van der Waals surface area contributed by atoms with E-state index >= 15 is 0 Å². The number of nitrogens with zero attached hydrogens (tertiary/aromatic N) is 1. The van der Waals surface area contributed by atoms with E-state index in [0.717, 1.165) is 25.1 Å². The Morgan fingerprint density at radius 2 is 2.25 bits per heavy atom. The van der Waals surface area contributed by atoms with Crippen LogP contribution in [0, 0.1) is 12.8 Å². The lowest BCUT2D eigenvalue weighted by Gasteiger charge is -2.20. The van der Waals surface area contributed by atoms with E-state index in [-0.39, 0.29) is 11.7 Å². The van der Waals surface area contributed by atoms with Gasteiger partial charge in [-0.2, -0.15) is 0 Å². The Morgan fingerprint density at radius 3 is 2.90 bits per heavy atom. The summed E-state index contributed by atoms with van der Waals surface area (Å²) in [4.78, 5) is 14.5. The van der Waals surface area contributed by atoms with Crippen LogP contribution < -0.4 is 5.32 Å². The van der Waals surface area contributed by atoms with Crippen LogP contribution in [0.2, 0.25) is 0 Å². The number of nitrogens with one attached hydrogen (secondary N) is 1. The number of phenolic OH excluding ortho intramolecular Hbond substituents is 1. The molecule has 1 aliphatic rings. The molecule has 0 bridgehead atoms. The van der Waals surface area contributed by atoms with Crippen molar-refractivity contribution >= 4 is 5.91 Å². The molecule has 2 rings (SSSR count). The SMILES string of the molecule is Cc1cccc(C(=O)NCC2CCN(C(C)C)C2)c1O. The summed E-state index contributed by atoms with van der Waals surface area (Å²) in [6.07, 6.45) is 1.12. The van der Waals surface area contributed by atoms with Crippen molar-refractivity contribution in [3.8, 4) is 5.75 Å². The van der Waals surface area contributed by atoms with Gasteiger partial charge < -0.3 is 15.3 Å². The molecule has 1 atom stereocenters. The van der Waals surface area contributed by atoms with Gasteiger partial charge in [0.2, 0.25) is 0 Å². The summed E-state index contributed by atoms with van der Waals surface area (Å²) in [5.74, 6) is 0.405. The Hall–Kier alpha value is -1.55. The molecule has 1 aromatic rings. The summed E-state index contributed by atoms with van der Waals surface area (Å²) in [5.41, 5.74) is 1.09. The van der Waals surface area contributed by atoms with Crippen molar-refractivity contribution in [3.05, 3.63) is 29.3 Å². The lowest BCUT2D eigenvalue weighted by Crippen LogP contribution is -2.33. The molecule has 1 unspecified atom stereocenters. The number of rotatable bonds is 4. The second-order valence-corrected chi connectivity index (χ2v) is 5.92. The molecular weight excluding hydrogens is 252 g/mol. The zero-order valence-electron chi connectivity index (χ0n) is 12.5. The average molecular weight is 276 g/mol. The van der Waals surface area contributed by atoms with Crippen LogP contribution in [0.15, 0.2) is 18.2 Å². The number of amides is 1. The molecule has 0 aromatic heterocycles. The summed E-state index contributed by atoms with van der Waals surface area (Å²) in [6.45, 7) is 9.02. The van der Waals surface area contributed by atoms with E-state index in [9.17, 15) is 9.90 Å². The number of hydrogen-bond donors (Lipinski definition) is 2. The Morgan fingerprint density at radius 1 is 1.50 bits per heavy atom. The number of benzene rings is 1. The predicted octanol–water partition coefficient (Wildman–Crippen LogP) is 2.16. The van der Waals surface area contributed by atoms with Gasteiger partial charge in [0.1, 0.15) is 5.75 Å². The van der Waals surface area contributed by atoms with Crippen LogP contribution in [0.4, 0.5) is 0 Å². The number of likely N-dealkylation sites (tertiary alicyclic amines) is 1. The first-order valence-electron chi connectivity index (χ1n) is 7.30. The molecule has 1 heterocycles. The Balaban J connectivity index is 1.89. The summed E-state index contributed by atoms with van der Waals surface area (Å²) in [6, 6.07) is 5.81. The fourth-order valence-electron chi connectivity index (χ4n) is 2.67. The van der Waals surface area contributed by atoms with Gasteiger partial charge >= 0.3 is 0 Å². The van der Waals surface area contributed by atoms with E-state index in [0.29, 0.717) is 24.1 Å². The summed E-state index contributed by atoms with van der Waals surface area (Å²) in [7, 11) is 0. The smallest absolute Gasteiger partial charge is 0.255 e. The van der Waals surface area contributed by atoms with Crippen molar-refractivity contribution in [1.29, 1.82) is 0 Å². The zero-order valence-corrected chi connectivity index (χ0v) is 12.5. The minimum Gasteiger partial charge on any atom is -0.507 e. The first-order chi connectivity index (χ1) is 9.49. The van der Waals surface area contributed by atoms with Crippen LogP contribution in [0.3, 0.4) is 0 Å². The van der Waals surface area contributed by atoms with Crippen LogP contribution in [-0.2, 0) is 0 Å². The standard InChI is InChI=1S/C16H24N2O2/c1-11(2)18-8-7-13(10-18)9-17-16(20)14-6-4-5-12(3)15(14)19/h4-6,11,13,19H,7-10H2,1-3H3,(H,17,20). The molecule has 4 nitrogen and oxygen atoms in total. The molecule has 4 heteroatoms. The first kappa shape index (κ1) is 14.9. The highest BCUT2D eigenvalue weighted by Crippen LogP contribution is 2.22. The highest BCUT2D eigenvalue weighted by atomic mass is 16.3. The van der Waals surface area contributed by atoms with E-state index in [1.165, 1.54) is 0 Å². The molecular formula is C16H24N2O2. The van der Waals surface area contributed by atoms with E-state index in [1.807, 2.05) is 0 Å². The number of phenols is 1. The van der Waals surface area contributed by atoms with E-state index < -0.39 is 0 Å². The van der Waals surface area contributed by atoms with Crippen molar-refractivity contribution in [1.82, 2.24) is 10.2 Å². The van der Waals surface area contributed by atoms with Crippen molar-refractivity contribution < 1.29 is 9.90 Å². The molecule has 1 amide bonds. The lowest BCUT2D eigenvalue weighted by molar-refractivity contribution is 0.0944. The molecule has 1 aliphatic heterocycles. The van der Waals surface area contributed by atoms with Crippen molar-refractivity contribution in [3.63, 3.8) is 0 Å². The fourth-order valence-corrected chi connectivity index (χ4v) is 2.67. The normalized spacial score (nSPS) is 19.5. The third-order valence-electron chi connectivity index (χ3n) is 4.08. The maximum Gasteiger partial charge on any atom is 0.255 e. The van der Waals surface area contributed by atoms with Crippen LogP contribution >= 0.6 is 0 Å². The maximum absolute atomic E-state index is 12.1. The average Bonchev–Trinajstić information content (AvgIpc) is 2.88. The molecule has 1 aromatic carbocycles. The van der Waals surface area contributed by atoms with Crippen LogP contribution in [0.25, 0.3) is 0 Å². The predicted molar refractivity (Wildman–Crippen MR) is 80.0 cm³/mol. The monoisotopic (exact) mass is 276 g/mol. The van der Waals surface area contributed by atoms with E-state index in [2.05, 4.69) is 24.1 Å². The number of aromatic hydroxyl groups is 1. The first-order valence-corrected chi connectivity index (χ1v) is 7.30. The lowest BCUT2D eigenvalue weighted by atomic mass is 10.1. The van der Waals surface area contributed by atoms with Crippen LogP contribution in [-0.4, -0.2) is 41.6 Å². The number of para-hydroxylation sites is 1. The highest BCUT2D eigenvalue weighted by Gasteiger charge is 2.24. The molecule has 0 spiro atoms. The highest BCUT2D eigenvalue weighted by molar-refractivity contribution is 5.97. The minimum absolute atomic E-state index is 0.0835. The quantitative estimate of drug-likeness (QED) is 0.886. The molecule has 110 valence electrons. The Labute approximate surface area is 120 Å². The number of carbonyl (C=O) groups is 1. The van der Waals surface area contributed by atoms with Gasteiger partial charge in [0.15, 0.2) is 0 Å². The summed E-state index contributed by atoms with van der Waals surface area (Å²) in [5, 5.41) is 12.8. The van der Waals surface area contributed by atoms with Gasteiger partial charge in [0.05, 0.1) is 5.56 Å². The topological polar surface area (TPSA) is 52.6 Å². The van der Waals surface area contributed by atoms with Gasteiger partial charge in [-0.15, -0.1) is 0 Å². The fraction of sp³-hybridized carbons (Fsp3) is 0.562. The van der Waals surface area contributed by atoms with Gasteiger partial charge in [-0.1, -0.05) is 12.1 Å². The number of carbonyl (C=O) groups excluding carboxylic acids is 1. The molecule has 1 fully saturated rings. The van der Waals surface area contributed by atoms with Crippen LogP contribution in [0.1, 0.15) is 36.2 Å². The van der Waals surface area contributed by atoms with Gasteiger partial charge in [0.25, 0.3) is 5.91 Å². The Kier molecular flexibility index (Phi) is 4.65. The summed E-state index contributed by atoms with van der Waals surface area (Å²) < 4.78 is 0. The van der Waals surface area contributed by atoms with Crippen molar-refractivity contribution in [2.75, 3.05) is 19.6 Å². The maximum atomic E-state index is 12.1. The second kappa shape index (κ2) is 6.27. The third-order valence-corrected chi connectivity index (χ3v) is 4.08. The van der Waals surface area contributed by atoms with E-state index in [4.69, 9.17) is 0 Å². The Bertz CT molecular complexity index is 485. The second-order valence-electron chi connectivity index (χ2n) is 5.92. The van der Waals surface area contributed by atoms with Gasteiger partial charge in [0, 0.05) is 19.1 Å².